The van der Waals surface area contributed by atoms with Crippen molar-refractivity contribution in [3.05, 3.63) is 39.4 Å². The van der Waals surface area contributed by atoms with Crippen molar-refractivity contribution in [2.45, 2.75) is 12.8 Å². The van der Waals surface area contributed by atoms with E-state index in [0.29, 0.717) is 24.0 Å². The molecule has 0 aliphatic heterocycles. The lowest BCUT2D eigenvalue weighted by molar-refractivity contribution is -0.384. The highest BCUT2D eigenvalue weighted by Crippen LogP contribution is 2.20. The van der Waals surface area contributed by atoms with E-state index in [1.165, 1.54) is 25.3 Å². The van der Waals surface area contributed by atoms with E-state index in [0.717, 1.165) is 0 Å². The first-order chi connectivity index (χ1) is 8.10. The second-order valence-electron chi connectivity index (χ2n) is 3.42. The number of aryl methyl sites for hydroxylation is 1. The van der Waals surface area contributed by atoms with E-state index in [1.807, 2.05) is 0 Å². The quantitative estimate of drug-likeness (QED) is 0.475. The molecule has 0 amide bonds. The van der Waals surface area contributed by atoms with Gasteiger partial charge in [-0.15, -0.1) is 0 Å². The number of aliphatic hydroxyl groups excluding tert-OH is 1. The molecule has 92 valence electrons. The Hall–Kier alpha value is -1.95. The van der Waals surface area contributed by atoms with Crippen molar-refractivity contribution in [3.8, 4) is 0 Å². The van der Waals surface area contributed by atoms with Gasteiger partial charge in [-0.3, -0.25) is 10.1 Å². The zero-order valence-electron chi connectivity index (χ0n) is 9.38. The summed E-state index contributed by atoms with van der Waals surface area (Å²) in [6.07, 6.45) is 0.827. The largest absolute Gasteiger partial charge is 0.465 e. The zero-order valence-corrected chi connectivity index (χ0v) is 9.38. The topological polar surface area (TPSA) is 89.7 Å². The molecule has 0 heterocycles. The smallest absolute Gasteiger partial charge is 0.338 e. The Morgan fingerprint density at radius 3 is 2.76 bits per heavy atom. The van der Waals surface area contributed by atoms with Crippen LogP contribution < -0.4 is 0 Å². The summed E-state index contributed by atoms with van der Waals surface area (Å²) in [4.78, 5) is 21.5. The summed E-state index contributed by atoms with van der Waals surface area (Å²) in [5.74, 6) is -0.534. The lowest BCUT2D eigenvalue weighted by atomic mass is 10.0. The van der Waals surface area contributed by atoms with Crippen LogP contribution in [0.1, 0.15) is 22.3 Å². The Bertz CT molecular complexity index is 430. The average Bonchev–Trinajstić information content (AvgIpc) is 2.34. The summed E-state index contributed by atoms with van der Waals surface area (Å²) in [6.45, 7) is -0.0384. The number of rotatable bonds is 5. The number of ether oxygens (including phenoxy) is 1. The third-order valence-corrected chi connectivity index (χ3v) is 2.31. The van der Waals surface area contributed by atoms with E-state index in [2.05, 4.69) is 4.74 Å². The molecule has 17 heavy (non-hydrogen) atoms. The van der Waals surface area contributed by atoms with Gasteiger partial charge >= 0.3 is 5.97 Å². The Labute approximate surface area is 98.0 Å². The molecule has 0 fully saturated rings. The predicted octanol–water partition coefficient (Wildman–Crippen LogP) is 1.31. The lowest BCUT2D eigenvalue weighted by Gasteiger charge is -2.06. The summed E-state index contributed by atoms with van der Waals surface area (Å²) in [7, 11) is 1.25. The molecule has 1 rings (SSSR count). The molecular weight excluding hydrogens is 226 g/mol. The highest BCUT2D eigenvalue weighted by atomic mass is 16.6. The first-order valence-electron chi connectivity index (χ1n) is 5.06. The SMILES string of the molecule is COC(=O)c1ccc([N+](=O)[O-])cc1CCCO. The molecule has 0 atom stereocenters. The Morgan fingerprint density at radius 1 is 1.53 bits per heavy atom. The Kier molecular flexibility index (Phi) is 4.59. The van der Waals surface area contributed by atoms with E-state index in [4.69, 9.17) is 5.11 Å². The fourth-order valence-electron chi connectivity index (χ4n) is 1.48. The standard InChI is InChI=1S/C11H13NO5/c1-17-11(14)10-5-4-9(12(15)16)7-8(10)3-2-6-13/h4-5,7,13H,2-3,6H2,1H3. The van der Waals surface area contributed by atoms with Gasteiger partial charge in [0.15, 0.2) is 0 Å². The van der Waals surface area contributed by atoms with Crippen molar-refractivity contribution in [1.29, 1.82) is 0 Å². The monoisotopic (exact) mass is 239 g/mol. The molecule has 6 nitrogen and oxygen atoms in total. The van der Waals surface area contributed by atoms with Gasteiger partial charge < -0.3 is 9.84 Å². The van der Waals surface area contributed by atoms with Crippen LogP contribution in [0.15, 0.2) is 18.2 Å². The van der Waals surface area contributed by atoms with E-state index in [9.17, 15) is 14.9 Å². The van der Waals surface area contributed by atoms with Crippen LogP contribution in [0.3, 0.4) is 0 Å². The first kappa shape index (κ1) is 13.1. The number of nitro benzene ring substituents is 1. The third-order valence-electron chi connectivity index (χ3n) is 2.31. The Balaban J connectivity index is 3.11. The van der Waals surface area contributed by atoms with Crippen LogP contribution >= 0.6 is 0 Å². The summed E-state index contributed by atoms with van der Waals surface area (Å²) >= 11 is 0. The number of nitrogens with zero attached hydrogens (tertiary/aromatic N) is 1. The lowest BCUT2D eigenvalue weighted by Crippen LogP contribution is -2.07. The molecule has 0 radical (unpaired) electrons. The molecule has 1 aromatic carbocycles. The highest BCUT2D eigenvalue weighted by molar-refractivity contribution is 5.91. The molecule has 1 N–H and O–H groups in total. The molecule has 0 saturated heterocycles. The number of esters is 1. The van der Waals surface area contributed by atoms with Gasteiger partial charge in [-0.25, -0.2) is 4.79 Å². The predicted molar refractivity (Wildman–Crippen MR) is 59.8 cm³/mol. The molecule has 0 aliphatic rings. The van der Waals surface area contributed by atoms with Gasteiger partial charge in [0.2, 0.25) is 0 Å². The number of carbonyl (C=O) groups excluding carboxylic acids is 1. The van der Waals surface area contributed by atoms with Gasteiger partial charge in [0.1, 0.15) is 0 Å². The summed E-state index contributed by atoms with van der Waals surface area (Å²) < 4.78 is 4.59. The van der Waals surface area contributed by atoms with Crippen LogP contribution in [0.25, 0.3) is 0 Å². The van der Waals surface area contributed by atoms with Crippen molar-refractivity contribution in [2.24, 2.45) is 0 Å². The normalized spacial score (nSPS) is 10.0. The van der Waals surface area contributed by atoms with Gasteiger partial charge in [-0.2, -0.15) is 0 Å². The summed E-state index contributed by atoms with van der Waals surface area (Å²) in [5, 5.41) is 19.4. The van der Waals surface area contributed by atoms with E-state index in [1.54, 1.807) is 0 Å². The van der Waals surface area contributed by atoms with E-state index < -0.39 is 10.9 Å². The maximum atomic E-state index is 11.4. The minimum absolute atomic E-state index is 0.0384. The number of nitro groups is 1. The molecule has 0 unspecified atom stereocenters. The van der Waals surface area contributed by atoms with Crippen LogP contribution in [-0.2, 0) is 11.2 Å². The fourth-order valence-corrected chi connectivity index (χ4v) is 1.48. The average molecular weight is 239 g/mol. The molecule has 6 heteroatoms. The van der Waals surface area contributed by atoms with E-state index in [-0.39, 0.29) is 12.3 Å². The zero-order chi connectivity index (χ0) is 12.8. The van der Waals surface area contributed by atoms with Crippen LogP contribution in [0.2, 0.25) is 0 Å². The van der Waals surface area contributed by atoms with Crippen molar-refractivity contribution < 1.29 is 19.6 Å². The number of benzene rings is 1. The van der Waals surface area contributed by atoms with Gasteiger partial charge in [-0.05, 0) is 24.5 Å². The number of aliphatic hydroxyl groups is 1. The molecule has 1 aromatic rings. The summed E-state index contributed by atoms with van der Waals surface area (Å²) in [5.41, 5.74) is 0.734. The molecule has 0 spiro atoms. The van der Waals surface area contributed by atoms with Crippen molar-refractivity contribution in [3.63, 3.8) is 0 Å². The fraction of sp³-hybridized carbons (Fsp3) is 0.364. The maximum absolute atomic E-state index is 11.4. The van der Waals surface area contributed by atoms with Gasteiger partial charge in [0, 0.05) is 18.7 Å². The number of hydrogen-bond donors (Lipinski definition) is 1. The third kappa shape index (κ3) is 3.25. The van der Waals surface area contributed by atoms with Gasteiger partial charge in [0.25, 0.3) is 5.69 Å². The van der Waals surface area contributed by atoms with Crippen molar-refractivity contribution in [1.82, 2.24) is 0 Å². The maximum Gasteiger partial charge on any atom is 0.338 e. The van der Waals surface area contributed by atoms with Crippen LogP contribution in [0, 0.1) is 10.1 Å². The first-order valence-corrected chi connectivity index (χ1v) is 5.06. The number of hydrogen-bond acceptors (Lipinski definition) is 5. The van der Waals surface area contributed by atoms with Crippen LogP contribution in [0.5, 0.6) is 0 Å². The second kappa shape index (κ2) is 5.95. The molecule has 0 aliphatic carbocycles. The molecule has 0 aromatic heterocycles. The molecule has 0 saturated carbocycles. The molecule has 0 bridgehead atoms. The summed E-state index contributed by atoms with van der Waals surface area (Å²) in [6, 6.07) is 3.97. The number of carbonyl (C=O) groups is 1. The molecular formula is C11H13NO5. The Morgan fingerprint density at radius 2 is 2.24 bits per heavy atom. The minimum Gasteiger partial charge on any atom is -0.465 e. The second-order valence-corrected chi connectivity index (χ2v) is 3.42. The van der Waals surface area contributed by atoms with Crippen LogP contribution in [0.4, 0.5) is 5.69 Å². The van der Waals surface area contributed by atoms with Crippen molar-refractivity contribution >= 4 is 11.7 Å². The number of methoxy groups -OCH3 is 1. The highest BCUT2D eigenvalue weighted by Gasteiger charge is 2.15. The minimum atomic E-state index is -0.534. The number of non-ortho nitro benzene ring substituents is 1. The van der Waals surface area contributed by atoms with Gasteiger partial charge in [0.05, 0.1) is 17.6 Å². The van der Waals surface area contributed by atoms with E-state index >= 15 is 0 Å². The van der Waals surface area contributed by atoms with Crippen molar-refractivity contribution in [2.75, 3.05) is 13.7 Å². The van der Waals surface area contributed by atoms with Crippen LogP contribution in [-0.4, -0.2) is 29.7 Å². The van der Waals surface area contributed by atoms with Gasteiger partial charge in [-0.1, -0.05) is 0 Å².